The first-order valence-electron chi connectivity index (χ1n) is 11.6. The standard InChI is InChI=1S/C29H30O2S2/c1-29(2)19-32-17-15-30-25-13-11-21-7-3-5-9-23(21)27(25)28-24-10-6-4-8-22(24)12-14-26(28)31-16-18-33-20-29/h3-14H,15-20H2,1-2H3. The average Bonchev–Trinajstić information content (AvgIpc) is 2.83. The Labute approximate surface area is 205 Å². The van der Waals surface area contributed by atoms with Gasteiger partial charge in [-0.05, 0) is 50.6 Å². The fourth-order valence-electron chi connectivity index (χ4n) is 4.42. The Hall–Kier alpha value is -2.30. The minimum Gasteiger partial charge on any atom is -0.492 e. The van der Waals surface area contributed by atoms with Crippen molar-refractivity contribution < 1.29 is 9.47 Å². The maximum absolute atomic E-state index is 6.46. The number of thioether (sulfide) groups is 2. The number of benzene rings is 4. The van der Waals surface area contributed by atoms with Gasteiger partial charge in [-0.15, -0.1) is 0 Å². The predicted octanol–water partition coefficient (Wildman–Crippen LogP) is 7.92. The minimum atomic E-state index is 0.303. The molecule has 170 valence electrons. The van der Waals surface area contributed by atoms with Crippen LogP contribution < -0.4 is 9.47 Å². The first kappa shape index (κ1) is 22.5. The second-order valence-electron chi connectivity index (χ2n) is 9.29. The molecule has 1 aliphatic rings. The van der Waals surface area contributed by atoms with Crippen molar-refractivity contribution in [2.45, 2.75) is 13.8 Å². The molecule has 0 fully saturated rings. The van der Waals surface area contributed by atoms with Gasteiger partial charge in [0.05, 0.1) is 13.2 Å². The summed E-state index contributed by atoms with van der Waals surface area (Å²) < 4.78 is 12.9. The maximum Gasteiger partial charge on any atom is 0.127 e. The third-order valence-corrected chi connectivity index (χ3v) is 8.87. The summed E-state index contributed by atoms with van der Waals surface area (Å²) in [5.74, 6) is 6.11. The highest BCUT2D eigenvalue weighted by molar-refractivity contribution is 8.00. The Morgan fingerprint density at radius 3 is 1.55 bits per heavy atom. The van der Waals surface area contributed by atoms with E-state index in [-0.39, 0.29) is 0 Å². The Morgan fingerprint density at radius 1 is 0.606 bits per heavy atom. The molecular formula is C29H30O2S2. The van der Waals surface area contributed by atoms with Gasteiger partial charge in [0.2, 0.25) is 0 Å². The van der Waals surface area contributed by atoms with Crippen LogP contribution in [0.25, 0.3) is 32.7 Å². The molecule has 0 aliphatic carbocycles. The SMILES string of the molecule is CC1(C)CSCCOc2ccc3ccccc3c2-c2c(ccc3ccccc23)OCCSC1. The van der Waals surface area contributed by atoms with E-state index in [4.69, 9.17) is 9.47 Å². The van der Waals surface area contributed by atoms with Crippen LogP contribution in [0.5, 0.6) is 11.5 Å². The van der Waals surface area contributed by atoms with Crippen molar-refractivity contribution in [2.24, 2.45) is 5.41 Å². The van der Waals surface area contributed by atoms with Crippen LogP contribution in [-0.2, 0) is 0 Å². The summed E-state index contributed by atoms with van der Waals surface area (Å²) in [5, 5.41) is 4.82. The summed E-state index contributed by atoms with van der Waals surface area (Å²) >= 11 is 3.98. The summed E-state index contributed by atoms with van der Waals surface area (Å²) in [5.41, 5.74) is 2.57. The van der Waals surface area contributed by atoms with Gasteiger partial charge in [0.1, 0.15) is 11.5 Å². The van der Waals surface area contributed by atoms with E-state index in [1.807, 2.05) is 23.5 Å². The van der Waals surface area contributed by atoms with Crippen LogP contribution in [0.15, 0.2) is 72.8 Å². The van der Waals surface area contributed by atoms with Crippen LogP contribution >= 0.6 is 23.5 Å². The first-order chi connectivity index (χ1) is 16.1. The van der Waals surface area contributed by atoms with Gasteiger partial charge in [0.25, 0.3) is 0 Å². The highest BCUT2D eigenvalue weighted by atomic mass is 32.2. The van der Waals surface area contributed by atoms with E-state index in [0.717, 1.165) is 45.6 Å². The molecule has 4 aromatic carbocycles. The molecule has 0 atom stereocenters. The molecule has 1 aliphatic heterocycles. The number of hydrogen-bond donors (Lipinski definition) is 0. The number of hydrogen-bond acceptors (Lipinski definition) is 4. The largest absolute Gasteiger partial charge is 0.492 e. The van der Waals surface area contributed by atoms with Crippen LogP contribution in [0.1, 0.15) is 13.8 Å². The van der Waals surface area contributed by atoms with Crippen LogP contribution in [0.4, 0.5) is 0 Å². The molecule has 0 radical (unpaired) electrons. The zero-order valence-electron chi connectivity index (χ0n) is 19.3. The quantitative estimate of drug-likeness (QED) is 0.257. The summed E-state index contributed by atoms with van der Waals surface area (Å²) in [7, 11) is 0. The van der Waals surface area contributed by atoms with E-state index in [9.17, 15) is 0 Å². The van der Waals surface area contributed by atoms with Crippen LogP contribution in [-0.4, -0.2) is 36.2 Å². The fourth-order valence-corrected chi connectivity index (χ4v) is 6.55. The molecule has 33 heavy (non-hydrogen) atoms. The van der Waals surface area contributed by atoms with Crippen molar-refractivity contribution in [1.29, 1.82) is 0 Å². The van der Waals surface area contributed by atoms with E-state index < -0.39 is 0 Å². The lowest BCUT2D eigenvalue weighted by molar-refractivity contribution is 0.341. The number of fused-ring (bicyclic) bond motifs is 7. The maximum atomic E-state index is 6.46. The topological polar surface area (TPSA) is 18.5 Å². The molecule has 2 nitrogen and oxygen atoms in total. The van der Waals surface area contributed by atoms with Gasteiger partial charge in [-0.1, -0.05) is 74.5 Å². The Morgan fingerprint density at radius 2 is 1.06 bits per heavy atom. The van der Waals surface area contributed by atoms with Crippen molar-refractivity contribution in [2.75, 3.05) is 36.2 Å². The van der Waals surface area contributed by atoms with Gasteiger partial charge in [0.15, 0.2) is 0 Å². The van der Waals surface area contributed by atoms with Crippen molar-refractivity contribution in [1.82, 2.24) is 0 Å². The molecule has 0 amide bonds. The van der Waals surface area contributed by atoms with Crippen LogP contribution in [0, 0.1) is 5.41 Å². The van der Waals surface area contributed by atoms with E-state index in [2.05, 4.69) is 86.6 Å². The Bertz CT molecular complexity index is 1170. The van der Waals surface area contributed by atoms with Gasteiger partial charge in [-0.25, -0.2) is 0 Å². The smallest absolute Gasteiger partial charge is 0.127 e. The predicted molar refractivity (Wildman–Crippen MR) is 146 cm³/mol. The number of rotatable bonds is 0. The minimum absolute atomic E-state index is 0.303. The van der Waals surface area contributed by atoms with Crippen LogP contribution in [0.2, 0.25) is 0 Å². The molecule has 0 aromatic heterocycles. The summed E-state index contributed by atoms with van der Waals surface area (Å²) in [6.07, 6.45) is 0. The van der Waals surface area contributed by atoms with E-state index in [1.165, 1.54) is 21.5 Å². The molecule has 1 heterocycles. The monoisotopic (exact) mass is 474 g/mol. The molecule has 5 rings (SSSR count). The third-order valence-electron chi connectivity index (χ3n) is 5.99. The zero-order chi connectivity index (χ0) is 22.7. The van der Waals surface area contributed by atoms with E-state index in [0.29, 0.717) is 18.6 Å². The second kappa shape index (κ2) is 9.90. The third kappa shape index (κ3) is 4.97. The molecule has 0 saturated heterocycles. The highest BCUT2D eigenvalue weighted by Crippen LogP contribution is 2.45. The molecule has 0 saturated carbocycles. The van der Waals surface area contributed by atoms with Gasteiger partial charge >= 0.3 is 0 Å². The van der Waals surface area contributed by atoms with Crippen molar-refractivity contribution >= 4 is 45.1 Å². The van der Waals surface area contributed by atoms with Crippen molar-refractivity contribution in [3.05, 3.63) is 72.8 Å². The summed E-state index contributed by atoms with van der Waals surface area (Å²) in [6.45, 7) is 6.10. The lowest BCUT2D eigenvalue weighted by Crippen LogP contribution is -2.19. The van der Waals surface area contributed by atoms with Gasteiger partial charge in [0, 0.05) is 22.6 Å². The fraction of sp³-hybridized carbons (Fsp3) is 0.310. The average molecular weight is 475 g/mol. The van der Waals surface area contributed by atoms with E-state index in [1.54, 1.807) is 0 Å². The lowest BCUT2D eigenvalue weighted by Gasteiger charge is -2.23. The van der Waals surface area contributed by atoms with Gasteiger partial charge < -0.3 is 9.47 Å². The Kier molecular flexibility index (Phi) is 6.75. The zero-order valence-corrected chi connectivity index (χ0v) is 20.9. The molecule has 0 unspecified atom stereocenters. The molecular weight excluding hydrogens is 444 g/mol. The lowest BCUT2D eigenvalue weighted by atomic mass is 9.92. The Balaban J connectivity index is 1.68. The summed E-state index contributed by atoms with van der Waals surface area (Å²) in [6, 6.07) is 25.7. The first-order valence-corrected chi connectivity index (χ1v) is 13.9. The molecule has 0 bridgehead atoms. The molecule has 0 spiro atoms. The van der Waals surface area contributed by atoms with Crippen molar-refractivity contribution in [3.8, 4) is 22.6 Å². The van der Waals surface area contributed by atoms with Crippen LogP contribution in [0.3, 0.4) is 0 Å². The molecule has 0 N–H and O–H groups in total. The van der Waals surface area contributed by atoms with Crippen molar-refractivity contribution in [3.63, 3.8) is 0 Å². The van der Waals surface area contributed by atoms with Gasteiger partial charge in [-0.3, -0.25) is 0 Å². The molecule has 4 heteroatoms. The molecule has 4 aromatic rings. The van der Waals surface area contributed by atoms with Gasteiger partial charge in [-0.2, -0.15) is 23.5 Å². The highest BCUT2D eigenvalue weighted by Gasteiger charge is 2.21. The second-order valence-corrected chi connectivity index (χ2v) is 11.5. The summed E-state index contributed by atoms with van der Waals surface area (Å²) in [4.78, 5) is 0. The number of ether oxygens (including phenoxy) is 2. The normalized spacial score (nSPS) is 17.2. The van der Waals surface area contributed by atoms with E-state index >= 15 is 0 Å².